The molecule has 2 heterocycles. The van der Waals surface area contributed by atoms with Crippen LogP contribution in [0.1, 0.15) is 28.9 Å². The molecule has 0 bridgehead atoms. The largest absolute Gasteiger partial charge is 0.334 e. The Hall–Kier alpha value is -1.64. The summed E-state index contributed by atoms with van der Waals surface area (Å²) >= 11 is 6.06. The van der Waals surface area contributed by atoms with Gasteiger partial charge in [0.05, 0.1) is 16.7 Å². The third-order valence-corrected chi connectivity index (χ3v) is 3.95. The number of nitrogens with zero attached hydrogens (tertiary/aromatic N) is 3. The first-order chi connectivity index (χ1) is 9.46. The lowest BCUT2D eigenvalue weighted by Gasteiger charge is -2.36. The van der Waals surface area contributed by atoms with Gasteiger partial charge in [0.25, 0.3) is 5.91 Å². The molecule has 1 saturated heterocycles. The van der Waals surface area contributed by atoms with Crippen LogP contribution in [0.4, 0.5) is 0 Å². The summed E-state index contributed by atoms with van der Waals surface area (Å²) in [4.78, 5) is 18.5. The van der Waals surface area contributed by atoms with E-state index in [1.54, 1.807) is 13.0 Å². The Balaban J connectivity index is 2.16. The van der Waals surface area contributed by atoms with Gasteiger partial charge >= 0.3 is 0 Å². The van der Waals surface area contributed by atoms with E-state index in [4.69, 9.17) is 11.6 Å². The smallest absolute Gasteiger partial charge is 0.255 e. The van der Waals surface area contributed by atoms with E-state index in [1.807, 2.05) is 7.05 Å². The van der Waals surface area contributed by atoms with Gasteiger partial charge in [0.2, 0.25) is 0 Å². The number of aromatic nitrogens is 1. The molecule has 1 amide bonds. The lowest BCUT2D eigenvalue weighted by Crippen LogP contribution is -2.53. The van der Waals surface area contributed by atoms with Gasteiger partial charge in [-0.25, -0.2) is 0 Å². The van der Waals surface area contributed by atoms with Gasteiger partial charge in [-0.2, -0.15) is 5.26 Å². The standard InChI is InChI=1S/C14H17ClN4O/c1-10-7-12(15)11(8-17-10)13(20)18-14(9-16)3-5-19(2)6-4-14/h7-8H,3-6H2,1-2H3,(H,18,20). The van der Waals surface area contributed by atoms with Gasteiger partial charge < -0.3 is 10.2 Å². The Bertz CT molecular complexity index is 559. The summed E-state index contributed by atoms with van der Waals surface area (Å²) in [5.74, 6) is -0.339. The summed E-state index contributed by atoms with van der Waals surface area (Å²) in [6.07, 6.45) is 2.68. The molecule has 1 aliphatic heterocycles. The molecule has 0 aliphatic carbocycles. The highest BCUT2D eigenvalue weighted by atomic mass is 35.5. The van der Waals surface area contributed by atoms with Gasteiger partial charge in [-0.1, -0.05) is 11.6 Å². The van der Waals surface area contributed by atoms with Gasteiger partial charge in [-0.15, -0.1) is 0 Å². The number of halogens is 1. The van der Waals surface area contributed by atoms with Crippen molar-refractivity contribution < 1.29 is 4.79 Å². The average Bonchev–Trinajstić information content (AvgIpc) is 2.41. The summed E-state index contributed by atoms with van der Waals surface area (Å²) < 4.78 is 0. The van der Waals surface area contributed by atoms with Crippen molar-refractivity contribution in [3.63, 3.8) is 0 Å². The van der Waals surface area contributed by atoms with E-state index >= 15 is 0 Å². The van der Waals surface area contributed by atoms with Crippen LogP contribution in [0.5, 0.6) is 0 Å². The van der Waals surface area contributed by atoms with Crippen molar-refractivity contribution in [1.82, 2.24) is 15.2 Å². The molecule has 5 nitrogen and oxygen atoms in total. The van der Waals surface area contributed by atoms with Crippen molar-refractivity contribution in [2.24, 2.45) is 0 Å². The highest BCUT2D eigenvalue weighted by Gasteiger charge is 2.35. The number of hydrogen-bond acceptors (Lipinski definition) is 4. The molecule has 0 unspecified atom stereocenters. The number of pyridine rings is 1. The quantitative estimate of drug-likeness (QED) is 0.902. The molecule has 0 spiro atoms. The first-order valence-electron chi connectivity index (χ1n) is 6.50. The molecule has 0 atom stereocenters. The molecule has 1 fully saturated rings. The van der Waals surface area contributed by atoms with Crippen molar-refractivity contribution >= 4 is 17.5 Å². The Morgan fingerprint density at radius 2 is 2.20 bits per heavy atom. The van der Waals surface area contributed by atoms with Crippen LogP contribution < -0.4 is 5.32 Å². The van der Waals surface area contributed by atoms with Crippen LogP contribution in [-0.2, 0) is 0 Å². The maximum Gasteiger partial charge on any atom is 0.255 e. The molecular formula is C14H17ClN4O. The molecule has 1 aliphatic rings. The molecule has 20 heavy (non-hydrogen) atoms. The zero-order chi connectivity index (χ0) is 14.8. The second kappa shape index (κ2) is 5.78. The van der Waals surface area contributed by atoms with E-state index in [-0.39, 0.29) is 5.91 Å². The second-order valence-corrected chi connectivity index (χ2v) is 5.66. The maximum absolute atomic E-state index is 12.3. The van der Waals surface area contributed by atoms with Crippen molar-refractivity contribution in [1.29, 1.82) is 5.26 Å². The van der Waals surface area contributed by atoms with E-state index in [9.17, 15) is 10.1 Å². The number of carbonyl (C=O) groups is 1. The summed E-state index contributed by atoms with van der Waals surface area (Å²) in [5.41, 5.74) is 0.254. The van der Waals surface area contributed by atoms with E-state index in [2.05, 4.69) is 21.3 Å². The van der Waals surface area contributed by atoms with Gasteiger partial charge in [-0.05, 0) is 32.9 Å². The Labute approximate surface area is 123 Å². The summed E-state index contributed by atoms with van der Waals surface area (Å²) in [7, 11) is 2.00. The lowest BCUT2D eigenvalue weighted by molar-refractivity contribution is 0.0881. The Kier molecular flexibility index (Phi) is 4.26. The number of nitriles is 1. The first kappa shape index (κ1) is 14.8. The number of amides is 1. The minimum absolute atomic E-state index is 0.311. The molecular weight excluding hydrogens is 276 g/mol. The zero-order valence-corrected chi connectivity index (χ0v) is 12.4. The van der Waals surface area contributed by atoms with E-state index in [1.165, 1.54) is 6.20 Å². The molecule has 1 aromatic rings. The molecule has 1 N–H and O–H groups in total. The molecule has 0 saturated carbocycles. The third kappa shape index (κ3) is 3.09. The van der Waals surface area contributed by atoms with Crippen LogP contribution >= 0.6 is 11.6 Å². The lowest BCUT2D eigenvalue weighted by atomic mass is 9.89. The third-order valence-electron chi connectivity index (χ3n) is 3.64. The molecule has 6 heteroatoms. The summed E-state index contributed by atoms with van der Waals surface area (Å²) in [6, 6.07) is 3.89. The summed E-state index contributed by atoms with van der Waals surface area (Å²) in [6.45, 7) is 3.38. The van der Waals surface area contributed by atoms with E-state index in [0.717, 1.165) is 18.8 Å². The predicted molar refractivity (Wildman–Crippen MR) is 76.5 cm³/mol. The van der Waals surface area contributed by atoms with Crippen LogP contribution in [0.2, 0.25) is 5.02 Å². The fourth-order valence-corrected chi connectivity index (χ4v) is 2.54. The molecule has 0 aromatic carbocycles. The fraction of sp³-hybridized carbons (Fsp3) is 0.500. The zero-order valence-electron chi connectivity index (χ0n) is 11.6. The number of hydrogen-bond donors (Lipinski definition) is 1. The average molecular weight is 293 g/mol. The first-order valence-corrected chi connectivity index (χ1v) is 6.88. The topological polar surface area (TPSA) is 69.0 Å². The number of nitrogens with one attached hydrogen (secondary N) is 1. The number of carbonyl (C=O) groups excluding carboxylic acids is 1. The van der Waals surface area contributed by atoms with E-state index in [0.29, 0.717) is 23.4 Å². The van der Waals surface area contributed by atoms with Crippen molar-refractivity contribution in [2.75, 3.05) is 20.1 Å². The van der Waals surface area contributed by atoms with Gasteiger partial charge in [0.15, 0.2) is 0 Å². The summed E-state index contributed by atoms with van der Waals surface area (Å²) in [5, 5.41) is 12.6. The number of aryl methyl sites for hydroxylation is 1. The van der Waals surface area contributed by atoms with Crippen molar-refractivity contribution in [3.8, 4) is 6.07 Å². The van der Waals surface area contributed by atoms with Crippen molar-refractivity contribution in [3.05, 3.63) is 28.5 Å². The van der Waals surface area contributed by atoms with Gasteiger partial charge in [0, 0.05) is 25.0 Å². The van der Waals surface area contributed by atoms with Crippen LogP contribution in [0.25, 0.3) is 0 Å². The Morgan fingerprint density at radius 3 is 2.75 bits per heavy atom. The highest BCUT2D eigenvalue weighted by molar-refractivity contribution is 6.33. The van der Waals surface area contributed by atoms with Crippen LogP contribution in [0, 0.1) is 18.3 Å². The number of piperidine rings is 1. The number of likely N-dealkylation sites (tertiary alicyclic amines) is 1. The molecule has 0 radical (unpaired) electrons. The predicted octanol–water partition coefficient (Wildman–Crippen LogP) is 1.76. The van der Waals surface area contributed by atoms with Gasteiger partial charge in [-0.3, -0.25) is 9.78 Å². The normalized spacial score (nSPS) is 18.3. The minimum atomic E-state index is -0.808. The minimum Gasteiger partial charge on any atom is -0.334 e. The van der Waals surface area contributed by atoms with Crippen LogP contribution in [-0.4, -0.2) is 41.5 Å². The highest BCUT2D eigenvalue weighted by Crippen LogP contribution is 2.23. The molecule has 1 aromatic heterocycles. The second-order valence-electron chi connectivity index (χ2n) is 5.26. The SMILES string of the molecule is Cc1cc(Cl)c(C(=O)NC2(C#N)CCN(C)CC2)cn1. The Morgan fingerprint density at radius 1 is 1.55 bits per heavy atom. The van der Waals surface area contributed by atoms with Crippen LogP contribution in [0.15, 0.2) is 12.3 Å². The maximum atomic E-state index is 12.3. The number of rotatable bonds is 2. The van der Waals surface area contributed by atoms with Crippen molar-refractivity contribution in [2.45, 2.75) is 25.3 Å². The monoisotopic (exact) mass is 292 g/mol. The van der Waals surface area contributed by atoms with Gasteiger partial charge in [0.1, 0.15) is 5.54 Å². The van der Waals surface area contributed by atoms with Crippen LogP contribution in [0.3, 0.4) is 0 Å². The fourth-order valence-electron chi connectivity index (χ4n) is 2.24. The molecule has 2 rings (SSSR count). The molecule has 106 valence electrons. The van der Waals surface area contributed by atoms with E-state index < -0.39 is 5.54 Å².